The Morgan fingerprint density at radius 2 is 1.86 bits per heavy atom. The van der Waals surface area contributed by atoms with Gasteiger partial charge in [0.1, 0.15) is 5.56 Å². The molecule has 4 nitrogen and oxygen atoms in total. The minimum atomic E-state index is -1.05. The first-order valence-electron chi connectivity index (χ1n) is 5.97. The van der Waals surface area contributed by atoms with E-state index in [4.69, 9.17) is 9.94 Å². The molecule has 2 rings (SSSR count). The lowest BCUT2D eigenvalue weighted by atomic mass is 10.2. The summed E-state index contributed by atoms with van der Waals surface area (Å²) in [6, 6.07) is 10.1. The van der Waals surface area contributed by atoms with Gasteiger partial charge >= 0.3 is 5.97 Å². The average Bonchev–Trinajstić information content (AvgIpc) is 2.45. The van der Waals surface area contributed by atoms with E-state index >= 15 is 0 Å². The molecular formula is C15H11Br2NO3. The van der Waals surface area contributed by atoms with E-state index in [1.54, 1.807) is 18.2 Å². The molecule has 0 aliphatic carbocycles. The van der Waals surface area contributed by atoms with Crippen LogP contribution in [0, 0.1) is 6.92 Å². The largest absolute Gasteiger partial charge is 0.478 e. The van der Waals surface area contributed by atoms with Gasteiger partial charge in [-0.3, -0.25) is 0 Å². The van der Waals surface area contributed by atoms with E-state index < -0.39 is 5.97 Å². The summed E-state index contributed by atoms with van der Waals surface area (Å²) in [6.07, 6.45) is 1.52. The van der Waals surface area contributed by atoms with Crippen molar-refractivity contribution in [2.24, 2.45) is 5.16 Å². The molecule has 0 saturated heterocycles. The first kappa shape index (κ1) is 15.7. The molecule has 2 aromatic carbocycles. The lowest BCUT2D eigenvalue weighted by Crippen LogP contribution is -1.99. The van der Waals surface area contributed by atoms with Gasteiger partial charge < -0.3 is 9.94 Å². The molecule has 0 heterocycles. The van der Waals surface area contributed by atoms with E-state index in [0.29, 0.717) is 0 Å². The van der Waals surface area contributed by atoms with E-state index in [1.807, 2.05) is 19.1 Å². The van der Waals surface area contributed by atoms with Gasteiger partial charge in [0.05, 0.1) is 6.21 Å². The topological polar surface area (TPSA) is 58.9 Å². The van der Waals surface area contributed by atoms with Crippen LogP contribution in [-0.4, -0.2) is 17.3 Å². The van der Waals surface area contributed by atoms with E-state index in [9.17, 15) is 4.79 Å². The molecule has 0 aliphatic heterocycles. The third-order valence-electron chi connectivity index (χ3n) is 2.77. The molecule has 0 saturated carbocycles. The van der Waals surface area contributed by atoms with Gasteiger partial charge in [-0.25, -0.2) is 4.79 Å². The highest BCUT2D eigenvalue weighted by Crippen LogP contribution is 2.25. The molecule has 0 bridgehead atoms. The van der Waals surface area contributed by atoms with Gasteiger partial charge in [0.2, 0.25) is 0 Å². The predicted molar refractivity (Wildman–Crippen MR) is 88.2 cm³/mol. The van der Waals surface area contributed by atoms with Crippen LogP contribution in [0.4, 0.5) is 0 Å². The summed E-state index contributed by atoms with van der Waals surface area (Å²) in [5.74, 6) is -0.854. The number of carboxylic acids is 1. The smallest absolute Gasteiger partial charge is 0.339 e. The van der Waals surface area contributed by atoms with E-state index in [2.05, 4.69) is 37.0 Å². The minimum absolute atomic E-state index is 0.0703. The minimum Gasteiger partial charge on any atom is -0.478 e. The molecule has 1 N–H and O–H groups in total. The van der Waals surface area contributed by atoms with Crippen LogP contribution in [-0.2, 0) is 0 Å². The number of oxime groups is 1. The summed E-state index contributed by atoms with van der Waals surface area (Å²) in [7, 11) is 0. The number of benzene rings is 2. The molecule has 6 heteroatoms. The normalized spacial score (nSPS) is 10.8. The average molecular weight is 413 g/mol. The van der Waals surface area contributed by atoms with Gasteiger partial charge in [-0.2, -0.15) is 0 Å². The Kier molecular flexibility index (Phi) is 5.14. The molecule has 0 radical (unpaired) electrons. The van der Waals surface area contributed by atoms with Crippen LogP contribution < -0.4 is 4.84 Å². The van der Waals surface area contributed by atoms with Crippen molar-refractivity contribution in [2.45, 2.75) is 6.92 Å². The highest BCUT2D eigenvalue weighted by atomic mass is 79.9. The van der Waals surface area contributed by atoms with Gasteiger partial charge in [-0.15, -0.1) is 0 Å². The molecular weight excluding hydrogens is 402 g/mol. The monoisotopic (exact) mass is 411 g/mol. The van der Waals surface area contributed by atoms with Crippen molar-refractivity contribution in [1.29, 1.82) is 0 Å². The molecule has 108 valence electrons. The highest BCUT2D eigenvalue weighted by molar-refractivity contribution is 9.11. The summed E-state index contributed by atoms with van der Waals surface area (Å²) < 4.78 is 1.90. The van der Waals surface area contributed by atoms with Crippen LogP contribution in [0.5, 0.6) is 5.75 Å². The zero-order valence-electron chi connectivity index (χ0n) is 11.0. The Bertz CT molecular complexity index is 691. The lowest BCUT2D eigenvalue weighted by Gasteiger charge is -2.04. The van der Waals surface area contributed by atoms with Crippen molar-refractivity contribution in [2.75, 3.05) is 0 Å². The van der Waals surface area contributed by atoms with Crippen LogP contribution in [0.2, 0.25) is 0 Å². The van der Waals surface area contributed by atoms with Gasteiger partial charge in [0, 0.05) is 8.95 Å². The number of aromatic carboxylic acids is 1. The molecule has 2 aromatic rings. The summed E-state index contributed by atoms with van der Waals surface area (Å²) >= 11 is 6.91. The van der Waals surface area contributed by atoms with Crippen molar-refractivity contribution < 1.29 is 14.7 Å². The van der Waals surface area contributed by atoms with Crippen LogP contribution in [0.1, 0.15) is 21.5 Å². The number of carbonyl (C=O) groups is 1. The number of nitrogens with zero attached hydrogens (tertiary/aromatic N) is 1. The lowest BCUT2D eigenvalue weighted by molar-refractivity contribution is 0.0692. The van der Waals surface area contributed by atoms with Gasteiger partial charge in [0.25, 0.3) is 0 Å². The number of halogens is 2. The molecule has 21 heavy (non-hydrogen) atoms. The molecule has 0 aliphatic rings. The second-order valence-corrected chi connectivity index (χ2v) is 5.95. The number of hydrogen-bond acceptors (Lipinski definition) is 3. The third kappa shape index (κ3) is 3.92. The van der Waals surface area contributed by atoms with Crippen molar-refractivity contribution in [3.63, 3.8) is 0 Å². The van der Waals surface area contributed by atoms with Crippen LogP contribution in [0.25, 0.3) is 0 Å². The molecule has 0 fully saturated rings. The fourth-order valence-corrected chi connectivity index (χ4v) is 2.83. The first-order chi connectivity index (χ1) is 9.99. The maximum Gasteiger partial charge on any atom is 0.339 e. The van der Waals surface area contributed by atoms with Crippen molar-refractivity contribution >= 4 is 44.0 Å². The quantitative estimate of drug-likeness (QED) is 0.588. The summed E-state index contributed by atoms with van der Waals surface area (Å²) in [6.45, 7) is 1.98. The second-order valence-electron chi connectivity index (χ2n) is 4.24. The Balaban J connectivity index is 2.19. The first-order valence-corrected chi connectivity index (χ1v) is 7.56. The fourth-order valence-electron chi connectivity index (χ4n) is 1.61. The fraction of sp³-hybridized carbons (Fsp3) is 0.0667. The maximum atomic E-state index is 11.0. The third-order valence-corrected chi connectivity index (χ3v) is 4.42. The molecule has 0 aromatic heterocycles. The zero-order valence-corrected chi connectivity index (χ0v) is 14.2. The second kappa shape index (κ2) is 6.87. The van der Waals surface area contributed by atoms with E-state index in [-0.39, 0.29) is 11.3 Å². The Labute approximate surface area is 138 Å². The number of hydrogen-bond donors (Lipinski definition) is 1. The Hall–Kier alpha value is -1.66. The standard InChI is InChI=1S/C15H11Br2NO3/c1-9-12(16)6-10(7-13(9)17)8-18-21-14-5-3-2-4-11(14)15(19)20/h2-8H,1H3,(H,19,20)/b18-8+. The van der Waals surface area contributed by atoms with Gasteiger partial charge in [0.15, 0.2) is 5.75 Å². The summed E-state index contributed by atoms with van der Waals surface area (Å²) in [4.78, 5) is 16.2. The van der Waals surface area contributed by atoms with Crippen molar-refractivity contribution in [1.82, 2.24) is 0 Å². The summed E-state index contributed by atoms with van der Waals surface area (Å²) in [5.41, 5.74) is 1.98. The molecule has 0 amide bonds. The van der Waals surface area contributed by atoms with Crippen LogP contribution in [0.15, 0.2) is 50.5 Å². The highest BCUT2D eigenvalue weighted by Gasteiger charge is 2.10. The Morgan fingerprint density at radius 3 is 2.48 bits per heavy atom. The summed E-state index contributed by atoms with van der Waals surface area (Å²) in [5, 5.41) is 12.9. The SMILES string of the molecule is Cc1c(Br)cc(/C=N/Oc2ccccc2C(=O)O)cc1Br. The van der Waals surface area contributed by atoms with Crippen LogP contribution in [0.3, 0.4) is 0 Å². The number of para-hydroxylation sites is 1. The van der Waals surface area contributed by atoms with E-state index in [1.165, 1.54) is 12.3 Å². The van der Waals surface area contributed by atoms with Crippen molar-refractivity contribution in [3.8, 4) is 5.75 Å². The van der Waals surface area contributed by atoms with Gasteiger partial charge in [-0.1, -0.05) is 49.1 Å². The Morgan fingerprint density at radius 1 is 1.24 bits per heavy atom. The predicted octanol–water partition coefficient (Wildman–Crippen LogP) is 4.63. The zero-order chi connectivity index (χ0) is 15.4. The van der Waals surface area contributed by atoms with E-state index in [0.717, 1.165) is 20.1 Å². The maximum absolute atomic E-state index is 11.0. The number of rotatable bonds is 4. The number of carboxylic acid groups (broad SMARTS) is 1. The molecule has 0 unspecified atom stereocenters. The van der Waals surface area contributed by atoms with Crippen LogP contribution >= 0.6 is 31.9 Å². The van der Waals surface area contributed by atoms with Gasteiger partial charge in [-0.05, 0) is 42.3 Å². The molecule has 0 atom stereocenters. The molecule has 0 spiro atoms. The van der Waals surface area contributed by atoms with Crippen molar-refractivity contribution in [3.05, 3.63) is 62.0 Å².